The topological polar surface area (TPSA) is 78.6 Å². The number of aromatic nitrogens is 1. The molecule has 21 heavy (non-hydrogen) atoms. The number of hydrogen-bond acceptors (Lipinski definition) is 6. The second-order valence-electron chi connectivity index (χ2n) is 4.30. The van der Waals surface area contributed by atoms with Crippen molar-refractivity contribution in [2.75, 3.05) is 14.2 Å². The van der Waals surface area contributed by atoms with E-state index in [1.807, 2.05) is 30.3 Å². The zero-order valence-corrected chi connectivity index (χ0v) is 11.8. The Balaban J connectivity index is 2.25. The number of carbonyl (C=O) groups is 2. The molecule has 6 nitrogen and oxygen atoms in total. The van der Waals surface area contributed by atoms with E-state index in [1.165, 1.54) is 14.2 Å². The van der Waals surface area contributed by atoms with E-state index in [0.29, 0.717) is 18.5 Å². The van der Waals surface area contributed by atoms with Gasteiger partial charge in [-0.2, -0.15) is 0 Å². The minimum Gasteiger partial charge on any atom is -0.465 e. The standard InChI is InChI=1S/C15H15NO5/c1-19-14(17)12-11(16-21-13(12)15(18)20-2)9-8-10-6-4-3-5-7-10/h3-7H,8-9H2,1-2H3. The van der Waals surface area contributed by atoms with Crippen molar-refractivity contribution in [3.63, 3.8) is 0 Å². The predicted molar refractivity (Wildman–Crippen MR) is 73.0 cm³/mol. The van der Waals surface area contributed by atoms with E-state index < -0.39 is 11.9 Å². The van der Waals surface area contributed by atoms with E-state index in [1.54, 1.807) is 0 Å². The maximum atomic E-state index is 11.8. The van der Waals surface area contributed by atoms with Gasteiger partial charge in [-0.05, 0) is 18.4 Å². The van der Waals surface area contributed by atoms with Crippen LogP contribution < -0.4 is 0 Å². The summed E-state index contributed by atoms with van der Waals surface area (Å²) in [6.07, 6.45) is 1.12. The number of nitrogens with zero attached hydrogens (tertiary/aromatic N) is 1. The zero-order chi connectivity index (χ0) is 15.2. The summed E-state index contributed by atoms with van der Waals surface area (Å²) in [7, 11) is 2.44. The van der Waals surface area contributed by atoms with Gasteiger partial charge in [0.15, 0.2) is 0 Å². The van der Waals surface area contributed by atoms with E-state index in [9.17, 15) is 9.59 Å². The normalized spacial score (nSPS) is 10.2. The Hall–Kier alpha value is -2.63. The quantitative estimate of drug-likeness (QED) is 0.784. The van der Waals surface area contributed by atoms with Crippen LogP contribution in [0.1, 0.15) is 32.2 Å². The molecule has 1 aromatic carbocycles. The third kappa shape index (κ3) is 3.28. The molecule has 6 heteroatoms. The van der Waals surface area contributed by atoms with Crippen LogP contribution in [-0.2, 0) is 22.3 Å². The highest BCUT2D eigenvalue weighted by Gasteiger charge is 2.28. The van der Waals surface area contributed by atoms with Crippen LogP contribution in [-0.4, -0.2) is 31.3 Å². The Kier molecular flexibility index (Phi) is 4.71. The van der Waals surface area contributed by atoms with Gasteiger partial charge in [0.1, 0.15) is 5.56 Å². The van der Waals surface area contributed by atoms with Gasteiger partial charge in [-0.1, -0.05) is 35.5 Å². The van der Waals surface area contributed by atoms with Crippen molar-refractivity contribution in [3.8, 4) is 0 Å². The van der Waals surface area contributed by atoms with Crippen LogP contribution in [0.25, 0.3) is 0 Å². The predicted octanol–water partition coefficient (Wildman–Crippen LogP) is 2.03. The third-order valence-electron chi connectivity index (χ3n) is 3.02. The number of esters is 2. The van der Waals surface area contributed by atoms with Crippen molar-refractivity contribution in [2.24, 2.45) is 0 Å². The molecule has 0 radical (unpaired) electrons. The molecule has 1 aromatic heterocycles. The number of rotatable bonds is 5. The molecule has 0 saturated heterocycles. The van der Waals surface area contributed by atoms with Crippen molar-refractivity contribution < 1.29 is 23.6 Å². The lowest BCUT2D eigenvalue weighted by atomic mass is 10.0. The van der Waals surface area contributed by atoms with E-state index in [0.717, 1.165) is 5.56 Å². The lowest BCUT2D eigenvalue weighted by Gasteiger charge is -2.02. The number of aryl methyl sites for hydroxylation is 2. The van der Waals surface area contributed by atoms with Gasteiger partial charge in [0.05, 0.1) is 19.9 Å². The monoisotopic (exact) mass is 289 g/mol. The van der Waals surface area contributed by atoms with Gasteiger partial charge in [0.25, 0.3) is 5.76 Å². The van der Waals surface area contributed by atoms with Crippen LogP contribution in [0.3, 0.4) is 0 Å². The highest BCUT2D eigenvalue weighted by Crippen LogP contribution is 2.18. The Morgan fingerprint density at radius 2 is 1.71 bits per heavy atom. The zero-order valence-electron chi connectivity index (χ0n) is 11.8. The average molecular weight is 289 g/mol. The van der Waals surface area contributed by atoms with E-state index in [4.69, 9.17) is 4.52 Å². The molecule has 0 N–H and O–H groups in total. The molecule has 0 amide bonds. The minimum absolute atomic E-state index is 0.0280. The molecule has 0 spiro atoms. The van der Waals surface area contributed by atoms with Gasteiger partial charge >= 0.3 is 11.9 Å². The van der Waals surface area contributed by atoms with Crippen molar-refractivity contribution >= 4 is 11.9 Å². The number of carbonyl (C=O) groups excluding carboxylic acids is 2. The molecular formula is C15H15NO5. The minimum atomic E-state index is -0.756. The number of methoxy groups -OCH3 is 2. The van der Waals surface area contributed by atoms with Crippen LogP contribution in [0.5, 0.6) is 0 Å². The second kappa shape index (κ2) is 6.69. The first-order chi connectivity index (χ1) is 10.2. The fourth-order valence-corrected chi connectivity index (χ4v) is 1.95. The van der Waals surface area contributed by atoms with Crippen LogP contribution in [0.15, 0.2) is 34.9 Å². The first-order valence-corrected chi connectivity index (χ1v) is 6.36. The molecule has 110 valence electrons. The summed E-state index contributed by atoms with van der Waals surface area (Å²) in [4.78, 5) is 23.4. The van der Waals surface area contributed by atoms with Gasteiger partial charge in [-0.15, -0.1) is 0 Å². The van der Waals surface area contributed by atoms with Crippen molar-refractivity contribution in [1.82, 2.24) is 5.16 Å². The van der Waals surface area contributed by atoms with E-state index >= 15 is 0 Å². The Morgan fingerprint density at radius 1 is 1.05 bits per heavy atom. The molecule has 0 fully saturated rings. The molecule has 0 aliphatic carbocycles. The van der Waals surface area contributed by atoms with E-state index in [-0.39, 0.29) is 11.3 Å². The smallest absolute Gasteiger partial charge is 0.377 e. The maximum absolute atomic E-state index is 11.8. The highest BCUT2D eigenvalue weighted by molar-refractivity contribution is 6.01. The van der Waals surface area contributed by atoms with Gasteiger partial charge in [0, 0.05) is 0 Å². The van der Waals surface area contributed by atoms with Gasteiger partial charge in [-0.25, -0.2) is 9.59 Å². The van der Waals surface area contributed by atoms with E-state index in [2.05, 4.69) is 14.6 Å². The molecule has 0 bridgehead atoms. The summed E-state index contributed by atoms with van der Waals surface area (Å²) in [5.74, 6) is -1.65. The highest BCUT2D eigenvalue weighted by atomic mass is 16.6. The number of ether oxygens (including phenoxy) is 2. The molecule has 0 aliphatic heterocycles. The van der Waals surface area contributed by atoms with Crippen molar-refractivity contribution in [3.05, 3.63) is 52.9 Å². The van der Waals surface area contributed by atoms with Gasteiger partial charge in [-0.3, -0.25) is 0 Å². The summed E-state index contributed by atoms with van der Waals surface area (Å²) < 4.78 is 14.2. The average Bonchev–Trinajstić information content (AvgIpc) is 2.96. The van der Waals surface area contributed by atoms with Crippen LogP contribution >= 0.6 is 0 Å². The fraction of sp³-hybridized carbons (Fsp3) is 0.267. The Bertz CT molecular complexity index is 633. The van der Waals surface area contributed by atoms with Crippen LogP contribution in [0, 0.1) is 0 Å². The first-order valence-electron chi connectivity index (χ1n) is 6.36. The molecule has 2 aromatic rings. The maximum Gasteiger partial charge on any atom is 0.377 e. The Morgan fingerprint density at radius 3 is 2.33 bits per heavy atom. The summed E-state index contributed by atoms with van der Waals surface area (Å²) in [6, 6.07) is 9.73. The molecule has 1 heterocycles. The number of benzene rings is 1. The van der Waals surface area contributed by atoms with Crippen molar-refractivity contribution in [1.29, 1.82) is 0 Å². The van der Waals surface area contributed by atoms with Crippen LogP contribution in [0.4, 0.5) is 0 Å². The molecule has 0 atom stereocenters. The summed E-state index contributed by atoms with van der Waals surface area (Å²) >= 11 is 0. The summed E-state index contributed by atoms with van der Waals surface area (Å²) in [6.45, 7) is 0. The number of hydrogen-bond donors (Lipinski definition) is 0. The van der Waals surface area contributed by atoms with Crippen LogP contribution in [0.2, 0.25) is 0 Å². The fourth-order valence-electron chi connectivity index (χ4n) is 1.95. The molecule has 0 unspecified atom stereocenters. The molecule has 0 aliphatic rings. The molecule has 2 rings (SSSR count). The lowest BCUT2D eigenvalue weighted by Crippen LogP contribution is -2.11. The molecular weight excluding hydrogens is 274 g/mol. The van der Waals surface area contributed by atoms with Gasteiger partial charge in [0.2, 0.25) is 0 Å². The SMILES string of the molecule is COC(=O)c1onc(CCc2ccccc2)c1C(=O)OC. The molecule has 0 saturated carbocycles. The second-order valence-corrected chi connectivity index (χ2v) is 4.30. The first kappa shape index (κ1) is 14.8. The summed E-state index contributed by atoms with van der Waals surface area (Å²) in [5, 5.41) is 3.79. The third-order valence-corrected chi connectivity index (χ3v) is 3.02. The van der Waals surface area contributed by atoms with Crippen molar-refractivity contribution in [2.45, 2.75) is 12.8 Å². The van der Waals surface area contributed by atoms with Gasteiger partial charge < -0.3 is 14.0 Å². The summed E-state index contributed by atoms with van der Waals surface area (Å²) in [5.41, 5.74) is 1.50. The largest absolute Gasteiger partial charge is 0.465 e. The lowest BCUT2D eigenvalue weighted by molar-refractivity contribution is 0.0521. The Labute approximate surface area is 121 Å².